The fourth-order valence-electron chi connectivity index (χ4n) is 1.22. The molecule has 110 valence electrons. The lowest BCUT2D eigenvalue weighted by molar-refractivity contribution is -0.136. The third-order valence-corrected chi connectivity index (χ3v) is 3.09. The van der Waals surface area contributed by atoms with Crippen LogP contribution in [0.3, 0.4) is 0 Å². The highest BCUT2D eigenvalue weighted by atomic mass is 32.1. The summed E-state index contributed by atoms with van der Waals surface area (Å²) in [5.74, 6) is -1.88. The first-order valence-electron chi connectivity index (χ1n) is 5.82. The molecule has 2 atom stereocenters. The number of carboxylic acid groups (broad SMARTS) is 1. The average molecular weight is 300 g/mol. The molecular formula is C11H16N4O4S. The van der Waals surface area contributed by atoms with E-state index < -0.39 is 29.9 Å². The summed E-state index contributed by atoms with van der Waals surface area (Å²) in [5, 5.41) is 15.4. The number of rotatable bonds is 6. The highest BCUT2D eigenvalue weighted by Gasteiger charge is 2.18. The van der Waals surface area contributed by atoms with Crippen molar-refractivity contribution in [3.05, 3.63) is 11.1 Å². The number of thiazole rings is 1. The highest BCUT2D eigenvalue weighted by Crippen LogP contribution is 2.16. The number of anilines is 1. The molecule has 0 aliphatic rings. The minimum absolute atomic E-state index is 0.205. The molecule has 1 heterocycles. The first-order chi connectivity index (χ1) is 9.29. The van der Waals surface area contributed by atoms with Crippen molar-refractivity contribution in [3.8, 4) is 0 Å². The molecule has 0 aliphatic heterocycles. The Bertz CT molecular complexity index is 514. The number of nitrogens with zero attached hydrogens (tertiary/aromatic N) is 1. The molecular weight excluding hydrogens is 284 g/mol. The van der Waals surface area contributed by atoms with Crippen LogP contribution in [0.2, 0.25) is 0 Å². The fraction of sp³-hybridized carbons (Fsp3) is 0.455. The Morgan fingerprint density at radius 2 is 2.05 bits per heavy atom. The summed E-state index contributed by atoms with van der Waals surface area (Å²) in [4.78, 5) is 37.6. The molecule has 0 bridgehead atoms. The molecule has 1 aromatic heterocycles. The normalized spacial score (nSPS) is 13.3. The molecule has 0 saturated heterocycles. The van der Waals surface area contributed by atoms with E-state index in [-0.39, 0.29) is 11.6 Å². The zero-order valence-corrected chi connectivity index (χ0v) is 11.9. The molecule has 0 unspecified atom stereocenters. The van der Waals surface area contributed by atoms with Crippen LogP contribution in [0.5, 0.6) is 0 Å². The Labute approximate surface area is 119 Å². The predicted octanol–water partition coefficient (Wildman–Crippen LogP) is -0.439. The molecule has 1 aromatic rings. The lowest BCUT2D eigenvalue weighted by Crippen LogP contribution is -2.47. The molecule has 8 nitrogen and oxygen atoms in total. The van der Waals surface area contributed by atoms with Gasteiger partial charge in [0.25, 0.3) is 0 Å². The summed E-state index contributed by atoms with van der Waals surface area (Å²) in [7, 11) is 0. The Kier molecular flexibility index (Phi) is 5.59. The van der Waals surface area contributed by atoms with E-state index in [0.29, 0.717) is 5.69 Å². The van der Waals surface area contributed by atoms with E-state index in [1.807, 2.05) is 0 Å². The van der Waals surface area contributed by atoms with Gasteiger partial charge in [0.2, 0.25) is 11.8 Å². The van der Waals surface area contributed by atoms with Gasteiger partial charge in [-0.3, -0.25) is 14.4 Å². The standard InChI is InChI=1S/C11H16N4O4S/c1-5(12)9(18)13-6(2)10(19)15-11-14-7(4-20-11)3-8(16)17/h4-6H,3,12H2,1-2H3,(H,13,18)(H,16,17)(H,14,15,19)/t5-,6-/m0/s1. The van der Waals surface area contributed by atoms with Crippen molar-refractivity contribution in [2.24, 2.45) is 5.73 Å². The van der Waals surface area contributed by atoms with Crippen molar-refractivity contribution in [3.63, 3.8) is 0 Å². The van der Waals surface area contributed by atoms with Gasteiger partial charge in [0, 0.05) is 5.38 Å². The number of aliphatic carboxylic acids is 1. The Morgan fingerprint density at radius 1 is 1.40 bits per heavy atom. The van der Waals surface area contributed by atoms with Gasteiger partial charge in [-0.25, -0.2) is 4.98 Å². The Morgan fingerprint density at radius 3 is 2.60 bits per heavy atom. The van der Waals surface area contributed by atoms with E-state index in [2.05, 4.69) is 15.6 Å². The van der Waals surface area contributed by atoms with Crippen LogP contribution in [0, 0.1) is 0 Å². The van der Waals surface area contributed by atoms with E-state index in [1.54, 1.807) is 5.38 Å². The fourth-order valence-corrected chi connectivity index (χ4v) is 1.94. The van der Waals surface area contributed by atoms with Crippen LogP contribution in [0.1, 0.15) is 19.5 Å². The minimum atomic E-state index is -0.995. The lowest BCUT2D eigenvalue weighted by atomic mass is 10.2. The molecule has 20 heavy (non-hydrogen) atoms. The number of nitrogens with two attached hydrogens (primary N) is 1. The van der Waals surface area contributed by atoms with E-state index in [4.69, 9.17) is 10.8 Å². The molecule has 1 rings (SSSR count). The molecule has 5 N–H and O–H groups in total. The molecule has 0 aromatic carbocycles. The zero-order chi connectivity index (χ0) is 15.3. The van der Waals surface area contributed by atoms with Crippen LogP contribution >= 0.6 is 11.3 Å². The van der Waals surface area contributed by atoms with Gasteiger partial charge >= 0.3 is 5.97 Å². The zero-order valence-electron chi connectivity index (χ0n) is 11.0. The van der Waals surface area contributed by atoms with Crippen molar-refractivity contribution in [1.82, 2.24) is 10.3 Å². The van der Waals surface area contributed by atoms with Gasteiger partial charge in [-0.15, -0.1) is 11.3 Å². The highest BCUT2D eigenvalue weighted by molar-refractivity contribution is 7.13. The molecule has 2 amide bonds. The Balaban J connectivity index is 2.55. The van der Waals surface area contributed by atoms with Crippen LogP contribution in [0.15, 0.2) is 5.38 Å². The second kappa shape index (κ2) is 6.96. The quantitative estimate of drug-likeness (QED) is 0.562. The minimum Gasteiger partial charge on any atom is -0.481 e. The van der Waals surface area contributed by atoms with Crippen molar-refractivity contribution in [2.45, 2.75) is 32.4 Å². The number of amides is 2. The van der Waals surface area contributed by atoms with Crippen molar-refractivity contribution < 1.29 is 19.5 Å². The number of carbonyl (C=O) groups excluding carboxylic acids is 2. The van der Waals surface area contributed by atoms with Gasteiger partial charge in [-0.05, 0) is 13.8 Å². The van der Waals surface area contributed by atoms with Gasteiger partial charge in [0.15, 0.2) is 5.13 Å². The molecule has 0 radical (unpaired) electrons. The lowest BCUT2D eigenvalue weighted by Gasteiger charge is -2.14. The Hall–Kier alpha value is -2.00. The van der Waals surface area contributed by atoms with Crippen LogP contribution < -0.4 is 16.4 Å². The second-order valence-corrected chi connectivity index (χ2v) is 5.08. The number of hydrogen-bond acceptors (Lipinski definition) is 6. The van der Waals surface area contributed by atoms with Crippen LogP contribution in [0.25, 0.3) is 0 Å². The summed E-state index contributed by atoms with van der Waals surface area (Å²) < 4.78 is 0. The largest absolute Gasteiger partial charge is 0.481 e. The summed E-state index contributed by atoms with van der Waals surface area (Å²) >= 11 is 1.12. The van der Waals surface area contributed by atoms with Crippen molar-refractivity contribution >= 4 is 34.3 Å². The maximum atomic E-state index is 11.8. The number of carboxylic acids is 1. The predicted molar refractivity (Wildman–Crippen MR) is 73.3 cm³/mol. The maximum Gasteiger partial charge on any atom is 0.309 e. The smallest absolute Gasteiger partial charge is 0.309 e. The van der Waals surface area contributed by atoms with Gasteiger partial charge in [-0.1, -0.05) is 0 Å². The van der Waals surface area contributed by atoms with E-state index in [9.17, 15) is 14.4 Å². The summed E-state index contributed by atoms with van der Waals surface area (Å²) in [6, 6.07) is -1.47. The summed E-state index contributed by atoms with van der Waals surface area (Å²) in [6.07, 6.45) is -0.205. The summed E-state index contributed by atoms with van der Waals surface area (Å²) in [5.41, 5.74) is 5.74. The average Bonchev–Trinajstić information content (AvgIpc) is 2.75. The third-order valence-electron chi connectivity index (χ3n) is 2.28. The third kappa shape index (κ3) is 4.94. The first kappa shape index (κ1) is 16.1. The molecule has 0 saturated carbocycles. The SMILES string of the molecule is C[C@H](N)C(=O)N[C@@H](C)C(=O)Nc1nc(CC(=O)O)cs1. The second-order valence-electron chi connectivity index (χ2n) is 4.22. The van der Waals surface area contributed by atoms with Gasteiger partial charge < -0.3 is 21.5 Å². The number of aromatic nitrogens is 1. The van der Waals surface area contributed by atoms with Gasteiger partial charge in [-0.2, -0.15) is 0 Å². The van der Waals surface area contributed by atoms with Gasteiger partial charge in [0.1, 0.15) is 6.04 Å². The summed E-state index contributed by atoms with van der Waals surface area (Å²) in [6.45, 7) is 3.03. The number of nitrogens with one attached hydrogen (secondary N) is 2. The van der Waals surface area contributed by atoms with E-state index in [0.717, 1.165) is 11.3 Å². The topological polar surface area (TPSA) is 134 Å². The van der Waals surface area contributed by atoms with E-state index >= 15 is 0 Å². The number of carbonyl (C=O) groups is 3. The molecule has 0 aliphatic carbocycles. The van der Waals surface area contributed by atoms with Crippen LogP contribution in [-0.2, 0) is 20.8 Å². The van der Waals surface area contributed by atoms with Crippen LogP contribution in [-0.4, -0.2) is 40.0 Å². The first-order valence-corrected chi connectivity index (χ1v) is 6.70. The van der Waals surface area contributed by atoms with Crippen LogP contribution in [0.4, 0.5) is 5.13 Å². The van der Waals surface area contributed by atoms with Crippen molar-refractivity contribution in [1.29, 1.82) is 0 Å². The number of hydrogen-bond donors (Lipinski definition) is 4. The molecule has 9 heteroatoms. The van der Waals surface area contributed by atoms with Crippen molar-refractivity contribution in [2.75, 3.05) is 5.32 Å². The molecule has 0 fully saturated rings. The van der Waals surface area contributed by atoms with E-state index in [1.165, 1.54) is 13.8 Å². The monoisotopic (exact) mass is 300 g/mol. The maximum absolute atomic E-state index is 11.8. The van der Waals surface area contributed by atoms with Gasteiger partial charge in [0.05, 0.1) is 18.2 Å². The molecule has 0 spiro atoms.